The summed E-state index contributed by atoms with van der Waals surface area (Å²) < 4.78 is 5.51. The van der Waals surface area contributed by atoms with Gasteiger partial charge in [0.1, 0.15) is 0 Å². The number of ether oxygens (including phenoxy) is 1. The third kappa shape index (κ3) is 2.81. The number of morpholine rings is 1. The van der Waals surface area contributed by atoms with E-state index in [0.29, 0.717) is 39.1 Å². The molecular weight excluding hydrogens is 234 g/mol. The first kappa shape index (κ1) is 13.3. The second kappa shape index (κ2) is 5.24. The van der Waals surface area contributed by atoms with Gasteiger partial charge in [-0.15, -0.1) is 0 Å². The van der Waals surface area contributed by atoms with Crippen molar-refractivity contribution in [1.29, 1.82) is 0 Å². The largest absolute Gasteiger partial charge is 0.375 e. The summed E-state index contributed by atoms with van der Waals surface area (Å²) in [5.74, 6) is -0.276. The van der Waals surface area contributed by atoms with Crippen LogP contribution in [0.25, 0.3) is 0 Å². The first-order valence-electron chi connectivity index (χ1n) is 6.41. The van der Waals surface area contributed by atoms with Crippen molar-refractivity contribution in [3.8, 4) is 0 Å². The normalized spacial score (nSPS) is 32.5. The number of carbonyl (C=O) groups excluding carboxylic acids is 2. The van der Waals surface area contributed by atoms with Gasteiger partial charge < -0.3 is 20.7 Å². The van der Waals surface area contributed by atoms with Crippen LogP contribution in [0.4, 0.5) is 0 Å². The van der Waals surface area contributed by atoms with Crippen molar-refractivity contribution in [1.82, 2.24) is 10.2 Å². The molecule has 6 nitrogen and oxygen atoms in total. The van der Waals surface area contributed by atoms with Crippen molar-refractivity contribution < 1.29 is 14.3 Å². The van der Waals surface area contributed by atoms with Gasteiger partial charge in [0.25, 0.3) is 0 Å². The Morgan fingerprint density at radius 2 is 2.33 bits per heavy atom. The van der Waals surface area contributed by atoms with Crippen LogP contribution in [-0.2, 0) is 14.3 Å². The Labute approximate surface area is 107 Å². The molecule has 0 aromatic heterocycles. The summed E-state index contributed by atoms with van der Waals surface area (Å²) in [6.45, 7) is 5.07. The molecule has 0 bridgehead atoms. The monoisotopic (exact) mass is 255 g/mol. The lowest BCUT2D eigenvalue weighted by molar-refractivity contribution is -0.134. The Balaban J connectivity index is 1.85. The van der Waals surface area contributed by atoms with Gasteiger partial charge in [0, 0.05) is 26.2 Å². The fraction of sp³-hybridized carbons (Fsp3) is 0.833. The molecular formula is C12H21N3O3. The predicted molar refractivity (Wildman–Crippen MR) is 65.7 cm³/mol. The molecule has 2 aliphatic heterocycles. The van der Waals surface area contributed by atoms with E-state index in [2.05, 4.69) is 5.32 Å². The van der Waals surface area contributed by atoms with Gasteiger partial charge in [0.05, 0.1) is 24.5 Å². The lowest BCUT2D eigenvalue weighted by atomic mass is 9.89. The Morgan fingerprint density at radius 1 is 1.56 bits per heavy atom. The van der Waals surface area contributed by atoms with E-state index in [9.17, 15) is 9.59 Å². The number of nitrogens with two attached hydrogens (primary N) is 1. The number of amides is 2. The zero-order valence-electron chi connectivity index (χ0n) is 10.8. The zero-order valence-corrected chi connectivity index (χ0v) is 10.8. The fourth-order valence-electron chi connectivity index (χ4n) is 2.45. The standard InChI is InChI=1S/C12H21N3O3/c1-12(11(13)17)2-4-15(8-12)10(16)6-9-7-14-3-5-18-9/h9,14H,2-8H2,1H3,(H2,13,17). The number of primary amides is 1. The second-order valence-corrected chi connectivity index (χ2v) is 5.39. The van der Waals surface area contributed by atoms with E-state index < -0.39 is 5.41 Å². The SMILES string of the molecule is CC1(C(N)=O)CCN(C(=O)CC2CNCCO2)C1. The molecule has 0 saturated carbocycles. The summed E-state index contributed by atoms with van der Waals surface area (Å²) in [4.78, 5) is 25.1. The average Bonchev–Trinajstić information content (AvgIpc) is 2.75. The summed E-state index contributed by atoms with van der Waals surface area (Å²) in [6.07, 6.45) is 0.978. The molecule has 2 unspecified atom stereocenters. The van der Waals surface area contributed by atoms with Gasteiger partial charge in [-0.25, -0.2) is 0 Å². The summed E-state index contributed by atoms with van der Waals surface area (Å²) in [5, 5.41) is 3.20. The third-order valence-electron chi connectivity index (χ3n) is 3.83. The van der Waals surface area contributed by atoms with E-state index in [-0.39, 0.29) is 17.9 Å². The van der Waals surface area contributed by atoms with Gasteiger partial charge in [-0.2, -0.15) is 0 Å². The number of likely N-dealkylation sites (tertiary alicyclic amines) is 1. The summed E-state index contributed by atoms with van der Waals surface area (Å²) in [5.41, 5.74) is 4.80. The van der Waals surface area contributed by atoms with Gasteiger partial charge in [0.2, 0.25) is 11.8 Å². The molecule has 2 heterocycles. The molecule has 0 aromatic carbocycles. The van der Waals surface area contributed by atoms with Crippen LogP contribution >= 0.6 is 0 Å². The Morgan fingerprint density at radius 3 is 2.89 bits per heavy atom. The van der Waals surface area contributed by atoms with E-state index >= 15 is 0 Å². The van der Waals surface area contributed by atoms with E-state index in [4.69, 9.17) is 10.5 Å². The van der Waals surface area contributed by atoms with Crippen molar-refractivity contribution >= 4 is 11.8 Å². The first-order valence-corrected chi connectivity index (χ1v) is 6.41. The molecule has 18 heavy (non-hydrogen) atoms. The maximum atomic E-state index is 12.1. The maximum absolute atomic E-state index is 12.1. The van der Waals surface area contributed by atoms with Crippen LogP contribution in [-0.4, -0.2) is 55.6 Å². The molecule has 2 saturated heterocycles. The predicted octanol–water partition coefficient (Wildman–Crippen LogP) is -0.911. The van der Waals surface area contributed by atoms with Crippen molar-refractivity contribution in [2.24, 2.45) is 11.1 Å². The van der Waals surface area contributed by atoms with Gasteiger partial charge in [-0.3, -0.25) is 9.59 Å². The first-order chi connectivity index (χ1) is 8.51. The van der Waals surface area contributed by atoms with Crippen molar-refractivity contribution in [2.75, 3.05) is 32.8 Å². The van der Waals surface area contributed by atoms with Crippen LogP contribution < -0.4 is 11.1 Å². The van der Waals surface area contributed by atoms with Crippen LogP contribution in [0.2, 0.25) is 0 Å². The molecule has 3 N–H and O–H groups in total. The third-order valence-corrected chi connectivity index (χ3v) is 3.83. The second-order valence-electron chi connectivity index (χ2n) is 5.39. The van der Waals surface area contributed by atoms with Crippen LogP contribution in [0.3, 0.4) is 0 Å². The highest BCUT2D eigenvalue weighted by Crippen LogP contribution is 2.29. The lowest BCUT2D eigenvalue weighted by Crippen LogP contribution is -2.43. The lowest BCUT2D eigenvalue weighted by Gasteiger charge is -2.26. The molecule has 102 valence electrons. The quantitative estimate of drug-likeness (QED) is 0.683. The zero-order chi connectivity index (χ0) is 13.2. The number of hydrogen-bond donors (Lipinski definition) is 2. The number of nitrogens with zero attached hydrogens (tertiary/aromatic N) is 1. The molecule has 2 rings (SSSR count). The van der Waals surface area contributed by atoms with Crippen LogP contribution in [0.1, 0.15) is 19.8 Å². The minimum atomic E-state index is -0.568. The minimum absolute atomic E-state index is 0.0494. The molecule has 2 fully saturated rings. The summed E-state index contributed by atoms with van der Waals surface area (Å²) in [6, 6.07) is 0. The molecule has 0 radical (unpaired) electrons. The van der Waals surface area contributed by atoms with Gasteiger partial charge in [-0.1, -0.05) is 0 Å². The fourth-order valence-corrected chi connectivity index (χ4v) is 2.45. The highest BCUT2D eigenvalue weighted by Gasteiger charge is 2.40. The van der Waals surface area contributed by atoms with Crippen molar-refractivity contribution in [3.63, 3.8) is 0 Å². The molecule has 2 aliphatic rings. The van der Waals surface area contributed by atoms with E-state index in [1.165, 1.54) is 0 Å². The highest BCUT2D eigenvalue weighted by atomic mass is 16.5. The Bertz CT molecular complexity index is 341. The minimum Gasteiger partial charge on any atom is -0.375 e. The molecule has 2 atom stereocenters. The highest BCUT2D eigenvalue weighted by molar-refractivity contribution is 5.83. The maximum Gasteiger partial charge on any atom is 0.225 e. The van der Waals surface area contributed by atoms with Crippen molar-refractivity contribution in [2.45, 2.75) is 25.9 Å². The van der Waals surface area contributed by atoms with Crippen LogP contribution in [0.15, 0.2) is 0 Å². The molecule has 2 amide bonds. The molecule has 0 spiro atoms. The van der Waals surface area contributed by atoms with Crippen LogP contribution in [0.5, 0.6) is 0 Å². The number of carbonyl (C=O) groups is 2. The summed E-state index contributed by atoms with van der Waals surface area (Å²) in [7, 11) is 0. The number of hydrogen-bond acceptors (Lipinski definition) is 4. The van der Waals surface area contributed by atoms with E-state index in [0.717, 1.165) is 6.54 Å². The summed E-state index contributed by atoms with van der Waals surface area (Å²) >= 11 is 0. The number of nitrogens with one attached hydrogen (secondary N) is 1. The average molecular weight is 255 g/mol. The Hall–Kier alpha value is -1.14. The van der Waals surface area contributed by atoms with Crippen molar-refractivity contribution in [3.05, 3.63) is 0 Å². The Kier molecular flexibility index (Phi) is 3.87. The van der Waals surface area contributed by atoms with Gasteiger partial charge in [-0.05, 0) is 13.3 Å². The molecule has 0 aliphatic carbocycles. The topological polar surface area (TPSA) is 84.7 Å². The van der Waals surface area contributed by atoms with Gasteiger partial charge >= 0.3 is 0 Å². The molecule has 6 heteroatoms. The van der Waals surface area contributed by atoms with E-state index in [1.54, 1.807) is 4.90 Å². The van der Waals surface area contributed by atoms with Gasteiger partial charge in [0.15, 0.2) is 0 Å². The number of rotatable bonds is 3. The smallest absolute Gasteiger partial charge is 0.225 e. The molecule has 0 aromatic rings. The van der Waals surface area contributed by atoms with Crippen LogP contribution in [0, 0.1) is 5.41 Å². The van der Waals surface area contributed by atoms with E-state index in [1.807, 2.05) is 6.92 Å².